The fraction of sp³-hybridized carbons (Fsp3) is 0.364. The number of rotatable bonds is 3. The van der Waals surface area contributed by atoms with Crippen molar-refractivity contribution in [3.63, 3.8) is 0 Å². The molecule has 7 heteroatoms. The van der Waals surface area contributed by atoms with E-state index in [9.17, 15) is 4.79 Å². The molecule has 0 aliphatic carbocycles. The number of carbonyl (C=O) groups excluding carboxylic acids is 1. The highest BCUT2D eigenvalue weighted by atomic mass is 79.9. The van der Waals surface area contributed by atoms with Gasteiger partial charge in [-0.3, -0.25) is 14.2 Å². The van der Waals surface area contributed by atoms with Gasteiger partial charge in [-0.05, 0) is 22.9 Å². The number of aryl methyl sites for hydroxylation is 3. The number of aromatic nitrogens is 4. The summed E-state index contributed by atoms with van der Waals surface area (Å²) in [7, 11) is 3.59. The van der Waals surface area contributed by atoms with E-state index in [-0.39, 0.29) is 5.91 Å². The normalized spacial score (nSPS) is 10.7. The predicted octanol–water partition coefficient (Wildman–Crippen LogP) is 1.15. The molecule has 1 amide bonds. The van der Waals surface area contributed by atoms with Gasteiger partial charge in [0.2, 0.25) is 0 Å². The van der Waals surface area contributed by atoms with E-state index < -0.39 is 0 Å². The predicted molar refractivity (Wildman–Crippen MR) is 70.0 cm³/mol. The van der Waals surface area contributed by atoms with Gasteiger partial charge in [-0.25, -0.2) is 0 Å². The second-order valence-corrected chi connectivity index (χ2v) is 4.92. The van der Waals surface area contributed by atoms with Gasteiger partial charge >= 0.3 is 0 Å². The Kier molecular flexibility index (Phi) is 3.51. The molecule has 0 radical (unpaired) electrons. The first-order valence-corrected chi connectivity index (χ1v) is 6.23. The van der Waals surface area contributed by atoms with E-state index in [0.29, 0.717) is 16.7 Å². The third kappa shape index (κ3) is 2.45. The fourth-order valence-electron chi connectivity index (χ4n) is 1.75. The molecule has 2 heterocycles. The SMILES string of the molecule is Cc1nn(C)cc1CNC(=O)c1c(Br)cnn1C. The highest BCUT2D eigenvalue weighted by molar-refractivity contribution is 9.10. The van der Waals surface area contributed by atoms with E-state index in [4.69, 9.17) is 0 Å². The third-order valence-corrected chi connectivity index (χ3v) is 3.24. The van der Waals surface area contributed by atoms with E-state index in [1.54, 1.807) is 17.9 Å². The summed E-state index contributed by atoms with van der Waals surface area (Å²) in [5, 5.41) is 11.1. The Morgan fingerprint density at radius 1 is 1.50 bits per heavy atom. The second-order valence-electron chi connectivity index (χ2n) is 4.06. The van der Waals surface area contributed by atoms with Crippen LogP contribution in [0.25, 0.3) is 0 Å². The van der Waals surface area contributed by atoms with Crippen LogP contribution in [0.1, 0.15) is 21.7 Å². The minimum absolute atomic E-state index is 0.162. The number of halogens is 1. The van der Waals surface area contributed by atoms with Crippen LogP contribution >= 0.6 is 15.9 Å². The molecular formula is C11H14BrN5O. The first-order chi connectivity index (χ1) is 8.49. The summed E-state index contributed by atoms with van der Waals surface area (Å²) in [4.78, 5) is 12.0. The van der Waals surface area contributed by atoms with Gasteiger partial charge in [-0.15, -0.1) is 0 Å². The quantitative estimate of drug-likeness (QED) is 0.925. The van der Waals surface area contributed by atoms with Crippen molar-refractivity contribution >= 4 is 21.8 Å². The van der Waals surface area contributed by atoms with Crippen molar-refractivity contribution in [3.8, 4) is 0 Å². The number of hydrogen-bond acceptors (Lipinski definition) is 3. The lowest BCUT2D eigenvalue weighted by atomic mass is 10.2. The van der Waals surface area contributed by atoms with Crippen LogP contribution in [0.15, 0.2) is 16.9 Å². The molecule has 0 aliphatic heterocycles. The van der Waals surface area contributed by atoms with Gasteiger partial charge in [-0.1, -0.05) is 0 Å². The summed E-state index contributed by atoms with van der Waals surface area (Å²) in [5.41, 5.74) is 2.43. The van der Waals surface area contributed by atoms with E-state index in [0.717, 1.165) is 11.3 Å². The second kappa shape index (κ2) is 4.93. The van der Waals surface area contributed by atoms with E-state index >= 15 is 0 Å². The summed E-state index contributed by atoms with van der Waals surface area (Å²) in [6, 6.07) is 0. The number of carbonyl (C=O) groups is 1. The van der Waals surface area contributed by atoms with Gasteiger partial charge in [0, 0.05) is 32.4 Å². The molecule has 1 N–H and O–H groups in total. The Bertz CT molecular complexity index is 567. The van der Waals surface area contributed by atoms with Crippen molar-refractivity contribution in [2.75, 3.05) is 0 Å². The highest BCUT2D eigenvalue weighted by Gasteiger charge is 2.15. The van der Waals surface area contributed by atoms with E-state index in [1.165, 1.54) is 4.68 Å². The van der Waals surface area contributed by atoms with E-state index in [2.05, 4.69) is 31.4 Å². The fourth-order valence-corrected chi connectivity index (χ4v) is 2.28. The summed E-state index contributed by atoms with van der Waals surface area (Å²) < 4.78 is 3.96. The van der Waals surface area contributed by atoms with E-state index in [1.807, 2.05) is 20.2 Å². The lowest BCUT2D eigenvalue weighted by Crippen LogP contribution is -2.25. The Balaban J connectivity index is 2.07. The molecule has 0 bridgehead atoms. The van der Waals surface area contributed by atoms with Gasteiger partial charge in [0.25, 0.3) is 5.91 Å². The topological polar surface area (TPSA) is 64.7 Å². The number of nitrogens with zero attached hydrogens (tertiary/aromatic N) is 4. The van der Waals surface area contributed by atoms with Gasteiger partial charge in [-0.2, -0.15) is 10.2 Å². The molecule has 0 saturated carbocycles. The standard InChI is InChI=1S/C11H14BrN5O/c1-7-8(6-16(2)15-7)4-13-11(18)10-9(12)5-14-17(10)3/h5-6H,4H2,1-3H3,(H,13,18). The van der Waals surface area contributed by atoms with Crippen LogP contribution in [0.5, 0.6) is 0 Å². The van der Waals surface area contributed by atoms with Gasteiger partial charge in [0.05, 0.1) is 16.4 Å². The maximum Gasteiger partial charge on any atom is 0.270 e. The molecule has 18 heavy (non-hydrogen) atoms. The van der Waals surface area contributed by atoms with Crippen LogP contribution in [0.3, 0.4) is 0 Å². The first-order valence-electron chi connectivity index (χ1n) is 5.44. The molecule has 0 aromatic carbocycles. The molecule has 0 atom stereocenters. The van der Waals surface area contributed by atoms with Crippen LogP contribution in [-0.4, -0.2) is 25.5 Å². The first kappa shape index (κ1) is 12.8. The molecule has 0 aliphatic rings. The van der Waals surface area contributed by atoms with Crippen molar-refractivity contribution in [1.29, 1.82) is 0 Å². The lowest BCUT2D eigenvalue weighted by Gasteiger charge is -2.05. The zero-order valence-corrected chi connectivity index (χ0v) is 12.0. The Morgan fingerprint density at radius 3 is 2.72 bits per heavy atom. The maximum atomic E-state index is 12.0. The minimum Gasteiger partial charge on any atom is -0.346 e. The van der Waals surface area contributed by atoms with Crippen molar-refractivity contribution in [2.24, 2.45) is 14.1 Å². The Morgan fingerprint density at radius 2 is 2.22 bits per heavy atom. The van der Waals surface area contributed by atoms with Crippen LogP contribution in [-0.2, 0) is 20.6 Å². The summed E-state index contributed by atoms with van der Waals surface area (Å²) in [6.07, 6.45) is 3.50. The maximum absolute atomic E-state index is 12.0. The van der Waals surface area contributed by atoms with Crippen LogP contribution in [0.2, 0.25) is 0 Å². The third-order valence-electron chi connectivity index (χ3n) is 2.66. The van der Waals surface area contributed by atoms with Crippen molar-refractivity contribution < 1.29 is 4.79 Å². The average molecular weight is 312 g/mol. The molecule has 0 spiro atoms. The molecule has 2 aromatic rings. The monoisotopic (exact) mass is 311 g/mol. The van der Waals surface area contributed by atoms with Crippen molar-refractivity contribution in [1.82, 2.24) is 24.9 Å². The molecule has 2 rings (SSSR count). The molecule has 2 aromatic heterocycles. The van der Waals surface area contributed by atoms with Gasteiger partial charge < -0.3 is 5.32 Å². The Labute approximate surface area is 113 Å². The molecule has 0 saturated heterocycles. The summed E-state index contributed by atoms with van der Waals surface area (Å²) in [5.74, 6) is -0.162. The zero-order chi connectivity index (χ0) is 13.3. The largest absolute Gasteiger partial charge is 0.346 e. The van der Waals surface area contributed by atoms with Crippen LogP contribution in [0, 0.1) is 6.92 Å². The Hall–Kier alpha value is -1.63. The van der Waals surface area contributed by atoms with Crippen molar-refractivity contribution in [2.45, 2.75) is 13.5 Å². The highest BCUT2D eigenvalue weighted by Crippen LogP contribution is 2.15. The summed E-state index contributed by atoms with van der Waals surface area (Å²) in [6.45, 7) is 2.37. The molecule has 6 nitrogen and oxygen atoms in total. The lowest BCUT2D eigenvalue weighted by molar-refractivity contribution is 0.0940. The minimum atomic E-state index is -0.162. The van der Waals surface area contributed by atoms with Crippen LogP contribution < -0.4 is 5.32 Å². The summed E-state index contributed by atoms with van der Waals surface area (Å²) >= 11 is 3.30. The van der Waals surface area contributed by atoms with Crippen molar-refractivity contribution in [3.05, 3.63) is 33.8 Å². The molecule has 0 unspecified atom stereocenters. The number of nitrogens with one attached hydrogen (secondary N) is 1. The molecular weight excluding hydrogens is 298 g/mol. The molecule has 96 valence electrons. The van der Waals surface area contributed by atoms with Gasteiger partial charge in [0.15, 0.2) is 0 Å². The number of amides is 1. The smallest absolute Gasteiger partial charge is 0.270 e. The van der Waals surface area contributed by atoms with Crippen LogP contribution in [0.4, 0.5) is 0 Å². The average Bonchev–Trinajstić information content (AvgIpc) is 2.79. The number of hydrogen-bond donors (Lipinski definition) is 1. The zero-order valence-electron chi connectivity index (χ0n) is 10.4. The van der Waals surface area contributed by atoms with Gasteiger partial charge in [0.1, 0.15) is 5.69 Å². The molecule has 0 fully saturated rings.